The molecule has 0 aliphatic carbocycles. The first-order chi connectivity index (χ1) is 3.39. The zero-order valence-electron chi connectivity index (χ0n) is 4.52. The number of ether oxygens (including phenoxy) is 1. The van der Waals surface area contributed by atoms with Gasteiger partial charge in [0, 0.05) is 11.0 Å². The van der Waals surface area contributed by atoms with E-state index in [0.29, 0.717) is 0 Å². The van der Waals surface area contributed by atoms with Crippen LogP contribution >= 0.6 is 11.8 Å². The second-order valence-corrected chi connectivity index (χ2v) is 3.30. The molecule has 7 heavy (non-hydrogen) atoms. The van der Waals surface area contributed by atoms with E-state index in [-0.39, 0.29) is 0 Å². The highest BCUT2D eigenvalue weighted by molar-refractivity contribution is 7.99. The Hall–Kier alpha value is 0.310. The summed E-state index contributed by atoms with van der Waals surface area (Å²) in [6.45, 7) is 4.10. The zero-order valence-corrected chi connectivity index (χ0v) is 5.33. The van der Waals surface area contributed by atoms with E-state index in [1.54, 1.807) is 0 Å². The van der Waals surface area contributed by atoms with Crippen molar-refractivity contribution in [1.82, 2.24) is 0 Å². The van der Waals surface area contributed by atoms with Gasteiger partial charge in [-0.3, -0.25) is 0 Å². The summed E-state index contributed by atoms with van der Waals surface area (Å²) in [5.74, 6) is 1.18. The van der Waals surface area contributed by atoms with Crippen molar-refractivity contribution in [3.63, 3.8) is 0 Å². The maximum atomic E-state index is 5.16. The van der Waals surface area contributed by atoms with Crippen LogP contribution < -0.4 is 0 Å². The molecule has 1 nitrogen and oxygen atoms in total. The third-order valence-corrected chi connectivity index (χ3v) is 2.09. The first kappa shape index (κ1) is 5.45. The lowest BCUT2D eigenvalue weighted by Gasteiger charge is -2.16. The second-order valence-electron chi connectivity index (χ2n) is 1.76. The Balaban J connectivity index is 2.12. The molecule has 1 heterocycles. The predicted octanol–water partition coefficient (Wildman–Crippen LogP) is 1.14. The first-order valence-corrected chi connectivity index (χ1v) is 3.64. The highest BCUT2D eigenvalue weighted by Gasteiger charge is 2.06. The summed E-state index contributed by atoms with van der Waals surface area (Å²) in [7, 11) is 0. The molecule has 0 amide bonds. The first-order valence-electron chi connectivity index (χ1n) is 2.59. The van der Waals surface area contributed by atoms with Crippen LogP contribution in [0.5, 0.6) is 0 Å². The maximum Gasteiger partial charge on any atom is 0.0582 e. The summed E-state index contributed by atoms with van der Waals surface area (Å²) in [4.78, 5) is 0. The molecule has 1 rings (SSSR count). The van der Waals surface area contributed by atoms with Crippen molar-refractivity contribution in [3.8, 4) is 0 Å². The van der Waals surface area contributed by atoms with Crippen LogP contribution in [0.4, 0.5) is 0 Å². The van der Waals surface area contributed by atoms with Crippen LogP contribution in [0.1, 0.15) is 6.92 Å². The van der Waals surface area contributed by atoms with E-state index >= 15 is 0 Å². The molecule has 1 fully saturated rings. The molecule has 1 atom stereocenters. The standard InChI is InChI=1S/C5H10OS/c1-5-4-6-2-3-7-5/h5H,2-4H2,1H3/t5-/m1/s1. The fourth-order valence-corrected chi connectivity index (χ4v) is 1.41. The van der Waals surface area contributed by atoms with E-state index in [9.17, 15) is 0 Å². The lowest BCUT2D eigenvalue weighted by Crippen LogP contribution is -2.16. The van der Waals surface area contributed by atoms with E-state index in [1.807, 2.05) is 11.8 Å². The number of rotatable bonds is 0. The van der Waals surface area contributed by atoms with Crippen molar-refractivity contribution in [1.29, 1.82) is 0 Å². The molecule has 2 heteroatoms. The van der Waals surface area contributed by atoms with Gasteiger partial charge in [-0.25, -0.2) is 0 Å². The minimum absolute atomic E-state index is 0.730. The molecular weight excluding hydrogens is 108 g/mol. The van der Waals surface area contributed by atoms with Crippen LogP contribution in [0, 0.1) is 0 Å². The molecule has 0 aromatic heterocycles. The lowest BCUT2D eigenvalue weighted by atomic mass is 10.5. The number of thioether (sulfide) groups is 1. The Morgan fingerprint density at radius 1 is 1.71 bits per heavy atom. The van der Waals surface area contributed by atoms with Crippen molar-refractivity contribution in [3.05, 3.63) is 0 Å². The Bertz CT molecular complexity index is 50.0. The van der Waals surface area contributed by atoms with Crippen molar-refractivity contribution in [2.75, 3.05) is 19.0 Å². The van der Waals surface area contributed by atoms with Crippen molar-refractivity contribution >= 4 is 11.8 Å². The fourth-order valence-electron chi connectivity index (χ4n) is 0.606. The summed E-state index contributed by atoms with van der Waals surface area (Å²) in [5.41, 5.74) is 0. The molecule has 0 saturated carbocycles. The van der Waals surface area contributed by atoms with Gasteiger partial charge in [-0.1, -0.05) is 6.92 Å². The molecule has 42 valence electrons. The van der Waals surface area contributed by atoms with Crippen molar-refractivity contribution in [2.45, 2.75) is 12.2 Å². The van der Waals surface area contributed by atoms with E-state index in [2.05, 4.69) is 6.92 Å². The SMILES string of the molecule is C[C@@H]1COCCS1. The monoisotopic (exact) mass is 118 g/mol. The van der Waals surface area contributed by atoms with Crippen LogP contribution in [0.15, 0.2) is 0 Å². The van der Waals surface area contributed by atoms with Crippen LogP contribution in [0.25, 0.3) is 0 Å². The average Bonchev–Trinajstić information content (AvgIpc) is 1.69. The van der Waals surface area contributed by atoms with Gasteiger partial charge in [-0.05, 0) is 0 Å². The Labute approximate surface area is 48.4 Å². The summed E-state index contributed by atoms with van der Waals surface area (Å²) in [6, 6.07) is 0. The molecule has 0 aromatic carbocycles. The van der Waals surface area contributed by atoms with Gasteiger partial charge in [0.15, 0.2) is 0 Å². The summed E-state index contributed by atoms with van der Waals surface area (Å²) in [6.07, 6.45) is 0. The van der Waals surface area contributed by atoms with Crippen molar-refractivity contribution < 1.29 is 4.74 Å². The van der Waals surface area contributed by atoms with E-state index in [0.717, 1.165) is 18.5 Å². The quantitative estimate of drug-likeness (QED) is 0.471. The molecule has 0 N–H and O–H groups in total. The molecule has 0 bridgehead atoms. The predicted molar refractivity (Wildman–Crippen MR) is 32.7 cm³/mol. The summed E-state index contributed by atoms with van der Waals surface area (Å²) < 4.78 is 5.16. The average molecular weight is 118 g/mol. The summed E-state index contributed by atoms with van der Waals surface area (Å²) in [5, 5.41) is 0.730. The molecule has 0 spiro atoms. The zero-order chi connectivity index (χ0) is 5.11. The smallest absolute Gasteiger partial charge is 0.0582 e. The van der Waals surface area contributed by atoms with Gasteiger partial charge >= 0.3 is 0 Å². The van der Waals surface area contributed by atoms with Crippen LogP contribution in [-0.4, -0.2) is 24.2 Å². The molecule has 1 aliphatic rings. The largest absolute Gasteiger partial charge is 0.379 e. The molecular formula is C5H10OS. The van der Waals surface area contributed by atoms with Crippen LogP contribution in [0.2, 0.25) is 0 Å². The molecule has 1 aliphatic heterocycles. The fraction of sp³-hybridized carbons (Fsp3) is 1.00. The molecule has 0 aromatic rings. The Morgan fingerprint density at radius 2 is 2.57 bits per heavy atom. The Morgan fingerprint density at radius 3 is 2.86 bits per heavy atom. The van der Waals surface area contributed by atoms with Crippen LogP contribution in [-0.2, 0) is 4.74 Å². The second kappa shape index (κ2) is 2.58. The normalized spacial score (nSPS) is 33.0. The van der Waals surface area contributed by atoms with E-state index in [1.165, 1.54) is 5.75 Å². The number of hydrogen-bond acceptors (Lipinski definition) is 2. The Kier molecular flexibility index (Phi) is 2.00. The summed E-state index contributed by atoms with van der Waals surface area (Å²) >= 11 is 1.99. The van der Waals surface area contributed by atoms with Gasteiger partial charge in [0.1, 0.15) is 0 Å². The van der Waals surface area contributed by atoms with Gasteiger partial charge < -0.3 is 4.74 Å². The molecule has 1 saturated heterocycles. The minimum atomic E-state index is 0.730. The van der Waals surface area contributed by atoms with E-state index < -0.39 is 0 Å². The van der Waals surface area contributed by atoms with Gasteiger partial charge in [0.2, 0.25) is 0 Å². The van der Waals surface area contributed by atoms with Gasteiger partial charge in [-0.2, -0.15) is 11.8 Å². The molecule has 0 radical (unpaired) electrons. The highest BCUT2D eigenvalue weighted by atomic mass is 32.2. The van der Waals surface area contributed by atoms with Gasteiger partial charge in [0.25, 0.3) is 0 Å². The minimum Gasteiger partial charge on any atom is -0.379 e. The topological polar surface area (TPSA) is 9.23 Å². The third-order valence-electron chi connectivity index (χ3n) is 0.983. The maximum absolute atomic E-state index is 5.16. The third kappa shape index (κ3) is 1.70. The highest BCUT2D eigenvalue weighted by Crippen LogP contribution is 2.14. The van der Waals surface area contributed by atoms with Crippen molar-refractivity contribution in [2.24, 2.45) is 0 Å². The van der Waals surface area contributed by atoms with Gasteiger partial charge in [-0.15, -0.1) is 0 Å². The van der Waals surface area contributed by atoms with Gasteiger partial charge in [0.05, 0.1) is 13.2 Å². The molecule has 0 unspecified atom stereocenters. The lowest BCUT2D eigenvalue weighted by molar-refractivity contribution is 0.146. The number of hydrogen-bond donors (Lipinski definition) is 0. The van der Waals surface area contributed by atoms with Crippen LogP contribution in [0.3, 0.4) is 0 Å². The van der Waals surface area contributed by atoms with E-state index in [4.69, 9.17) is 4.74 Å².